The van der Waals surface area contributed by atoms with Crippen LogP contribution in [-0.4, -0.2) is 29.2 Å². The zero-order valence-corrected chi connectivity index (χ0v) is 23.2. The number of benzene rings is 3. The Morgan fingerprint density at radius 3 is 0.735 bits per heavy atom. The molecule has 182 valence electrons. The van der Waals surface area contributed by atoms with Crippen LogP contribution in [0.4, 0.5) is 0 Å². The third kappa shape index (κ3) is 5.63. The average Bonchev–Trinajstić information content (AvgIpc) is 2.65. The van der Waals surface area contributed by atoms with Gasteiger partial charge < -0.3 is 0 Å². The molecular formula is C19H10Cl6O6S3. The molecular weight excluding hydrogens is 633 g/mol. The second-order valence-electron chi connectivity index (χ2n) is 6.74. The van der Waals surface area contributed by atoms with Crippen LogP contribution in [-0.2, 0) is 29.5 Å². The smallest absolute Gasteiger partial charge is 0.221 e. The summed E-state index contributed by atoms with van der Waals surface area (Å²) in [5, 5.41) is -1.02. The average molecular weight is 643 g/mol. The summed E-state index contributed by atoms with van der Waals surface area (Å²) in [6, 6.07) is 8.79. The second-order valence-corrected chi connectivity index (χ2v) is 16.4. The maximum absolute atomic E-state index is 13.6. The fourth-order valence-corrected chi connectivity index (χ4v) is 13.3. The van der Waals surface area contributed by atoms with Gasteiger partial charge in [-0.15, -0.1) is 0 Å². The quantitative estimate of drug-likeness (QED) is 0.300. The van der Waals surface area contributed by atoms with E-state index in [0.29, 0.717) is 0 Å². The van der Waals surface area contributed by atoms with Gasteiger partial charge in [0, 0.05) is 30.1 Å². The number of halogens is 6. The van der Waals surface area contributed by atoms with E-state index in [2.05, 4.69) is 0 Å². The Morgan fingerprint density at radius 2 is 0.559 bits per heavy atom. The molecule has 6 nitrogen and oxygen atoms in total. The van der Waals surface area contributed by atoms with Gasteiger partial charge in [-0.3, -0.25) is 0 Å². The van der Waals surface area contributed by atoms with Crippen molar-refractivity contribution in [1.82, 2.24) is 0 Å². The van der Waals surface area contributed by atoms with Gasteiger partial charge >= 0.3 is 0 Å². The molecule has 3 rings (SSSR count). The van der Waals surface area contributed by atoms with Gasteiger partial charge in [0.25, 0.3) is 3.91 Å². The van der Waals surface area contributed by atoms with Crippen LogP contribution in [0.3, 0.4) is 0 Å². The van der Waals surface area contributed by atoms with E-state index in [9.17, 15) is 25.3 Å². The fourth-order valence-electron chi connectivity index (χ4n) is 2.91. The zero-order chi connectivity index (χ0) is 25.6. The summed E-state index contributed by atoms with van der Waals surface area (Å²) in [4.78, 5) is -2.24. The van der Waals surface area contributed by atoms with Crippen LogP contribution < -0.4 is 0 Å². The molecule has 0 unspecified atom stereocenters. The monoisotopic (exact) mass is 640 g/mol. The molecule has 0 spiro atoms. The van der Waals surface area contributed by atoms with Crippen molar-refractivity contribution in [2.75, 3.05) is 0 Å². The number of sulfone groups is 3. The molecule has 0 bridgehead atoms. The molecule has 3 aromatic rings. The summed E-state index contributed by atoms with van der Waals surface area (Å²) in [5.41, 5.74) is 0. The van der Waals surface area contributed by atoms with Gasteiger partial charge in [-0.1, -0.05) is 69.6 Å². The first-order valence-electron chi connectivity index (χ1n) is 8.65. The summed E-state index contributed by atoms with van der Waals surface area (Å²) in [6.07, 6.45) is 0. The first-order valence-corrected chi connectivity index (χ1v) is 15.6. The van der Waals surface area contributed by atoms with Crippen LogP contribution in [0.2, 0.25) is 30.1 Å². The minimum absolute atomic E-state index is 0.170. The van der Waals surface area contributed by atoms with Gasteiger partial charge in [-0.05, 0) is 54.6 Å². The van der Waals surface area contributed by atoms with Crippen LogP contribution >= 0.6 is 69.6 Å². The van der Waals surface area contributed by atoms with E-state index in [1.54, 1.807) is 0 Å². The molecule has 0 N–H and O–H groups in total. The lowest BCUT2D eigenvalue weighted by molar-refractivity contribution is 0.573. The Labute approximate surface area is 226 Å². The molecule has 0 amide bonds. The van der Waals surface area contributed by atoms with Crippen LogP contribution in [0.1, 0.15) is 0 Å². The van der Waals surface area contributed by atoms with Gasteiger partial charge in [0.2, 0.25) is 29.5 Å². The van der Waals surface area contributed by atoms with Crippen molar-refractivity contribution in [2.24, 2.45) is 0 Å². The highest BCUT2D eigenvalue weighted by Crippen LogP contribution is 2.37. The van der Waals surface area contributed by atoms with Gasteiger partial charge in [-0.2, -0.15) is 0 Å². The van der Waals surface area contributed by atoms with Gasteiger partial charge in [-0.25, -0.2) is 25.3 Å². The first kappa shape index (κ1) is 27.8. The van der Waals surface area contributed by atoms with E-state index < -0.39 is 48.1 Å². The highest BCUT2D eigenvalue weighted by atomic mass is 35.5. The molecule has 34 heavy (non-hydrogen) atoms. The largest absolute Gasteiger partial charge is 0.275 e. The molecule has 0 saturated heterocycles. The van der Waals surface area contributed by atoms with Gasteiger partial charge in [0.05, 0.1) is 14.7 Å². The lowest BCUT2D eigenvalue weighted by atomic mass is 10.4. The Bertz CT molecular complexity index is 1370. The third-order valence-corrected chi connectivity index (χ3v) is 14.3. The molecule has 0 fully saturated rings. The van der Waals surface area contributed by atoms with E-state index >= 15 is 0 Å². The maximum atomic E-state index is 13.6. The Balaban J connectivity index is 2.43. The molecule has 0 aliphatic rings. The Morgan fingerprint density at radius 1 is 0.382 bits per heavy atom. The minimum Gasteiger partial charge on any atom is -0.221 e. The lowest BCUT2D eigenvalue weighted by Gasteiger charge is -2.20. The van der Waals surface area contributed by atoms with Gasteiger partial charge in [0.15, 0.2) is 0 Å². The number of hydrogen-bond donors (Lipinski definition) is 0. The lowest BCUT2D eigenvalue weighted by Crippen LogP contribution is -2.38. The number of rotatable bonds is 6. The van der Waals surface area contributed by atoms with Crippen LogP contribution in [0.25, 0.3) is 0 Å². The van der Waals surface area contributed by atoms with Crippen LogP contribution in [0, 0.1) is 0 Å². The molecule has 0 saturated carbocycles. The van der Waals surface area contributed by atoms with Crippen molar-refractivity contribution >= 4 is 99.1 Å². The molecule has 0 atom stereocenters. The fraction of sp³-hybridized carbons (Fsp3) is 0.0526. The topological polar surface area (TPSA) is 102 Å². The Hall–Kier alpha value is -0.750. The van der Waals surface area contributed by atoms with Crippen molar-refractivity contribution in [3.05, 3.63) is 84.7 Å². The third-order valence-electron chi connectivity index (χ3n) is 4.25. The Kier molecular flexibility index (Phi) is 8.15. The second kappa shape index (κ2) is 9.95. The summed E-state index contributed by atoms with van der Waals surface area (Å²) in [5.74, 6) is 0. The SMILES string of the molecule is O=S(=O)(c1cc(Cl)cc(Cl)c1)C(S(=O)(=O)c1cc(Cl)cc(Cl)c1)S(=O)(=O)c1cc(Cl)cc(Cl)c1. The molecule has 0 aromatic heterocycles. The van der Waals surface area contributed by atoms with Crippen LogP contribution in [0.5, 0.6) is 0 Å². The first-order chi connectivity index (χ1) is 15.5. The van der Waals surface area contributed by atoms with Crippen LogP contribution in [0.15, 0.2) is 69.3 Å². The van der Waals surface area contributed by atoms with E-state index in [-0.39, 0.29) is 30.1 Å². The minimum atomic E-state index is -5.23. The molecule has 0 radical (unpaired) electrons. The predicted molar refractivity (Wildman–Crippen MR) is 135 cm³/mol. The van der Waals surface area contributed by atoms with Gasteiger partial charge in [0.1, 0.15) is 0 Å². The van der Waals surface area contributed by atoms with E-state index in [1.165, 1.54) is 18.2 Å². The molecule has 0 aliphatic heterocycles. The molecule has 3 aromatic carbocycles. The highest BCUT2D eigenvalue weighted by Gasteiger charge is 2.51. The van der Waals surface area contributed by atoms with Crippen molar-refractivity contribution in [3.63, 3.8) is 0 Å². The molecule has 15 heteroatoms. The molecule has 0 heterocycles. The summed E-state index contributed by atoms with van der Waals surface area (Å²) in [7, 11) is -15.7. The van der Waals surface area contributed by atoms with E-state index in [4.69, 9.17) is 69.6 Å². The van der Waals surface area contributed by atoms with Crippen molar-refractivity contribution in [1.29, 1.82) is 0 Å². The van der Waals surface area contributed by atoms with E-state index in [0.717, 1.165) is 36.4 Å². The zero-order valence-electron chi connectivity index (χ0n) is 16.2. The predicted octanol–water partition coefficient (Wildman–Crippen LogP) is 6.61. The van der Waals surface area contributed by atoms with Crippen molar-refractivity contribution in [3.8, 4) is 0 Å². The number of hydrogen-bond acceptors (Lipinski definition) is 6. The van der Waals surface area contributed by atoms with Crippen molar-refractivity contribution < 1.29 is 25.3 Å². The summed E-state index contributed by atoms with van der Waals surface area (Å²) in [6.45, 7) is 0. The standard InChI is InChI=1S/C19H10Cl6O6S3/c20-10-1-11(21)5-16(4-10)32(26,27)19(33(28,29)17-6-12(22)2-13(23)7-17)34(30,31)18-8-14(24)3-15(25)9-18/h1-9,19H. The normalized spacial score (nSPS) is 12.8. The maximum Gasteiger partial charge on any atom is 0.275 e. The molecule has 0 aliphatic carbocycles. The summed E-state index contributed by atoms with van der Waals surface area (Å²) < 4.78 is 78.6. The van der Waals surface area contributed by atoms with Crippen molar-refractivity contribution in [2.45, 2.75) is 18.6 Å². The summed E-state index contributed by atoms with van der Waals surface area (Å²) >= 11 is 35.3. The highest BCUT2D eigenvalue weighted by molar-refractivity contribution is 8.24. The van der Waals surface area contributed by atoms with E-state index in [1.807, 2.05) is 0 Å².